The average molecular weight is 451 g/mol. The average Bonchev–Trinajstić information content (AvgIpc) is 2.60. The molecule has 2 aliphatic rings. The Hall–Kier alpha value is -1.46. The molecule has 0 aliphatic heterocycles. The van der Waals surface area contributed by atoms with Gasteiger partial charge < -0.3 is 21.3 Å². The number of hydrogen-bond donors (Lipinski definition) is 4. The summed E-state index contributed by atoms with van der Waals surface area (Å²) in [7, 11) is 0. The van der Waals surface area contributed by atoms with Crippen molar-refractivity contribution < 1.29 is 9.59 Å². The van der Waals surface area contributed by atoms with E-state index in [0.717, 1.165) is 51.4 Å². The van der Waals surface area contributed by atoms with Crippen LogP contribution < -0.4 is 21.3 Å². The van der Waals surface area contributed by atoms with E-state index in [4.69, 9.17) is 0 Å². The first-order chi connectivity index (χ1) is 14.9. The number of urea groups is 2. The maximum atomic E-state index is 12.2. The van der Waals surface area contributed by atoms with Crippen LogP contribution in [0.4, 0.5) is 9.59 Å². The molecule has 0 radical (unpaired) electrons. The molecule has 2 fully saturated rings. The molecule has 0 bridgehead atoms. The molecule has 2 saturated carbocycles. The highest BCUT2D eigenvalue weighted by Crippen LogP contribution is 2.39. The third kappa shape index (κ3) is 10.4. The van der Waals surface area contributed by atoms with Crippen molar-refractivity contribution in [1.29, 1.82) is 0 Å². The normalized spacial score (nSPS) is 29.1. The Morgan fingerprint density at radius 3 is 1.38 bits per heavy atom. The minimum absolute atomic E-state index is 0.0292. The van der Waals surface area contributed by atoms with E-state index in [9.17, 15) is 9.59 Å². The first kappa shape index (κ1) is 26.8. The maximum absolute atomic E-state index is 12.2. The highest BCUT2D eigenvalue weighted by Gasteiger charge is 2.33. The van der Waals surface area contributed by atoms with Crippen LogP contribution in [0, 0.1) is 22.7 Å². The van der Waals surface area contributed by atoms with Gasteiger partial charge in [0.25, 0.3) is 0 Å². The molecule has 186 valence electrons. The molecule has 0 spiro atoms. The fourth-order valence-corrected chi connectivity index (χ4v) is 6.39. The van der Waals surface area contributed by atoms with Crippen molar-refractivity contribution in [2.45, 2.75) is 118 Å². The number of amides is 4. The van der Waals surface area contributed by atoms with E-state index in [-0.39, 0.29) is 24.1 Å². The third-order valence-electron chi connectivity index (χ3n) is 7.12. The molecule has 0 saturated heterocycles. The van der Waals surface area contributed by atoms with E-state index >= 15 is 0 Å². The highest BCUT2D eigenvalue weighted by atomic mass is 16.2. The fourth-order valence-electron chi connectivity index (χ4n) is 6.39. The SMILES string of the molecule is C[C@@H]1C[C@H](NC(=O)NCCCCCCNC(=O)N[C@H]2C[C@@H](C)CC(C)(C)C2)CC(C)(C)C1. The molecule has 6 nitrogen and oxygen atoms in total. The Balaban J connectivity index is 1.46. The summed E-state index contributed by atoms with van der Waals surface area (Å²) in [5.41, 5.74) is 0.623. The van der Waals surface area contributed by atoms with Gasteiger partial charge in [0.05, 0.1) is 0 Å². The van der Waals surface area contributed by atoms with Gasteiger partial charge in [0, 0.05) is 25.2 Å². The second kappa shape index (κ2) is 12.1. The third-order valence-corrected chi connectivity index (χ3v) is 7.12. The lowest BCUT2D eigenvalue weighted by atomic mass is 9.70. The summed E-state index contributed by atoms with van der Waals surface area (Å²) >= 11 is 0. The Bertz CT molecular complexity index is 553. The van der Waals surface area contributed by atoms with Gasteiger partial charge in [-0.25, -0.2) is 9.59 Å². The monoisotopic (exact) mass is 450 g/mol. The molecule has 4 atom stereocenters. The first-order valence-corrected chi connectivity index (χ1v) is 13.0. The summed E-state index contributed by atoms with van der Waals surface area (Å²) in [6.07, 6.45) is 10.8. The van der Waals surface area contributed by atoms with Gasteiger partial charge in [0.1, 0.15) is 0 Å². The molecular weight excluding hydrogens is 400 g/mol. The molecule has 4 amide bonds. The van der Waals surface area contributed by atoms with Crippen LogP contribution in [-0.2, 0) is 0 Å². The molecule has 0 aromatic rings. The Labute approximate surface area is 196 Å². The largest absolute Gasteiger partial charge is 0.338 e. The standard InChI is InChI=1S/C26H50N4O2/c1-19-13-21(17-25(3,4)15-19)29-23(31)27-11-9-7-8-10-12-28-24(32)30-22-14-20(2)16-26(5,6)18-22/h19-22H,7-18H2,1-6H3,(H2,27,29,31)(H2,28,30,32)/t19-,20-,21+,22+/m1/s1. The van der Waals surface area contributed by atoms with E-state index in [1.54, 1.807) is 0 Å². The molecule has 4 N–H and O–H groups in total. The molecule has 2 rings (SSSR count). The topological polar surface area (TPSA) is 82.3 Å². The summed E-state index contributed by atoms with van der Waals surface area (Å²) in [5, 5.41) is 12.3. The van der Waals surface area contributed by atoms with Crippen molar-refractivity contribution in [2.24, 2.45) is 22.7 Å². The van der Waals surface area contributed by atoms with Crippen LogP contribution in [0.3, 0.4) is 0 Å². The second-order valence-corrected chi connectivity index (χ2v) is 12.4. The lowest BCUT2D eigenvalue weighted by Gasteiger charge is -2.39. The van der Waals surface area contributed by atoms with Crippen LogP contribution in [0.25, 0.3) is 0 Å². The fraction of sp³-hybridized carbons (Fsp3) is 0.923. The van der Waals surface area contributed by atoms with E-state index in [0.29, 0.717) is 35.8 Å². The van der Waals surface area contributed by atoms with Gasteiger partial charge >= 0.3 is 12.1 Å². The van der Waals surface area contributed by atoms with Gasteiger partial charge in [0.15, 0.2) is 0 Å². The van der Waals surface area contributed by atoms with Crippen LogP contribution in [0.15, 0.2) is 0 Å². The molecule has 32 heavy (non-hydrogen) atoms. The van der Waals surface area contributed by atoms with Crippen LogP contribution in [0.1, 0.15) is 106 Å². The lowest BCUT2D eigenvalue weighted by Crippen LogP contribution is -2.47. The second-order valence-electron chi connectivity index (χ2n) is 12.4. The molecule has 0 aromatic heterocycles. The number of nitrogens with one attached hydrogen (secondary N) is 4. The summed E-state index contributed by atoms with van der Waals surface area (Å²) in [4.78, 5) is 24.4. The number of hydrogen-bond acceptors (Lipinski definition) is 2. The van der Waals surface area contributed by atoms with Crippen molar-refractivity contribution in [1.82, 2.24) is 21.3 Å². The minimum atomic E-state index is -0.0292. The van der Waals surface area contributed by atoms with E-state index in [1.807, 2.05) is 0 Å². The van der Waals surface area contributed by atoms with Gasteiger partial charge in [-0.2, -0.15) is 0 Å². The number of unbranched alkanes of at least 4 members (excludes halogenated alkanes) is 3. The first-order valence-electron chi connectivity index (χ1n) is 13.0. The van der Waals surface area contributed by atoms with Crippen molar-refractivity contribution in [3.8, 4) is 0 Å². The maximum Gasteiger partial charge on any atom is 0.315 e. The van der Waals surface area contributed by atoms with Crippen molar-refractivity contribution in [3.63, 3.8) is 0 Å². The summed E-state index contributed by atoms with van der Waals surface area (Å²) in [5.74, 6) is 1.33. The summed E-state index contributed by atoms with van der Waals surface area (Å²) < 4.78 is 0. The highest BCUT2D eigenvalue weighted by molar-refractivity contribution is 5.74. The quantitative estimate of drug-likeness (QED) is 0.346. The van der Waals surface area contributed by atoms with E-state index in [2.05, 4.69) is 62.8 Å². The molecular formula is C26H50N4O2. The van der Waals surface area contributed by atoms with E-state index in [1.165, 1.54) is 12.8 Å². The molecule has 0 unspecified atom stereocenters. The molecule has 2 aliphatic carbocycles. The van der Waals surface area contributed by atoms with Crippen LogP contribution in [-0.4, -0.2) is 37.2 Å². The van der Waals surface area contributed by atoms with Crippen LogP contribution >= 0.6 is 0 Å². The lowest BCUT2D eigenvalue weighted by molar-refractivity contribution is 0.151. The molecule has 6 heteroatoms. The van der Waals surface area contributed by atoms with Gasteiger partial charge in [-0.1, -0.05) is 54.4 Å². The van der Waals surface area contributed by atoms with Gasteiger partial charge in [-0.15, -0.1) is 0 Å². The van der Waals surface area contributed by atoms with Gasteiger partial charge in [0.2, 0.25) is 0 Å². The van der Waals surface area contributed by atoms with Crippen LogP contribution in [0.5, 0.6) is 0 Å². The van der Waals surface area contributed by atoms with Gasteiger partial charge in [-0.3, -0.25) is 0 Å². The van der Waals surface area contributed by atoms with Crippen LogP contribution in [0.2, 0.25) is 0 Å². The van der Waals surface area contributed by atoms with Gasteiger partial charge in [-0.05, 0) is 74.0 Å². The minimum Gasteiger partial charge on any atom is -0.338 e. The Morgan fingerprint density at radius 2 is 1.03 bits per heavy atom. The molecule has 0 aromatic carbocycles. The zero-order valence-electron chi connectivity index (χ0n) is 21.6. The smallest absolute Gasteiger partial charge is 0.315 e. The zero-order chi connectivity index (χ0) is 23.8. The number of carbonyl (C=O) groups is 2. The number of carbonyl (C=O) groups excluding carboxylic acids is 2. The van der Waals surface area contributed by atoms with E-state index < -0.39 is 0 Å². The predicted octanol–water partition coefficient (Wildman–Crippen LogP) is 5.57. The molecule has 0 heterocycles. The number of rotatable bonds is 9. The zero-order valence-corrected chi connectivity index (χ0v) is 21.6. The van der Waals surface area contributed by atoms with Crippen molar-refractivity contribution >= 4 is 12.1 Å². The summed E-state index contributed by atoms with van der Waals surface area (Å²) in [6.45, 7) is 15.2. The Morgan fingerprint density at radius 1 is 0.656 bits per heavy atom. The van der Waals surface area contributed by atoms with Crippen molar-refractivity contribution in [3.05, 3.63) is 0 Å². The predicted molar refractivity (Wildman–Crippen MR) is 133 cm³/mol. The Kier molecular flexibility index (Phi) is 10.2. The summed E-state index contributed by atoms with van der Waals surface area (Å²) in [6, 6.07) is 0.514. The van der Waals surface area contributed by atoms with Crippen molar-refractivity contribution in [2.75, 3.05) is 13.1 Å².